The first-order valence-electron chi connectivity index (χ1n) is 7.66. The average Bonchev–Trinajstić information content (AvgIpc) is 2.66. The molecule has 0 heteroatoms. The maximum atomic E-state index is 2.54. The monoisotopic (exact) mass is 220 g/mol. The van der Waals surface area contributed by atoms with E-state index in [1.807, 2.05) is 0 Å². The molecule has 0 aromatic carbocycles. The Morgan fingerprint density at radius 1 is 0.688 bits per heavy atom. The Morgan fingerprint density at radius 3 is 2.12 bits per heavy atom. The molecule has 7 unspecified atom stereocenters. The van der Waals surface area contributed by atoms with Gasteiger partial charge < -0.3 is 0 Å². The second kappa shape index (κ2) is 4.03. The molecule has 7 atom stereocenters. The Labute approximate surface area is 101 Å². The maximum Gasteiger partial charge on any atom is -0.0324 e. The molecule has 0 bridgehead atoms. The molecule has 0 aromatic heterocycles. The Hall–Kier alpha value is 0. The molecule has 0 nitrogen and oxygen atoms in total. The van der Waals surface area contributed by atoms with Crippen LogP contribution in [0, 0.1) is 41.4 Å². The van der Waals surface area contributed by atoms with Gasteiger partial charge in [0.25, 0.3) is 0 Å². The predicted octanol–water partition coefficient (Wildman–Crippen LogP) is 4.74. The largest absolute Gasteiger partial charge is 0.0625 e. The Kier molecular flexibility index (Phi) is 2.80. The van der Waals surface area contributed by atoms with Gasteiger partial charge in [-0.15, -0.1) is 0 Å². The molecular formula is C16H28. The van der Waals surface area contributed by atoms with Crippen molar-refractivity contribution in [3.8, 4) is 0 Å². The zero-order valence-corrected chi connectivity index (χ0v) is 11.3. The van der Waals surface area contributed by atoms with Crippen molar-refractivity contribution in [2.75, 3.05) is 0 Å². The summed E-state index contributed by atoms with van der Waals surface area (Å²) in [5.41, 5.74) is 0. The summed E-state index contributed by atoms with van der Waals surface area (Å²) in [6.07, 6.45) is 9.24. The van der Waals surface area contributed by atoms with E-state index >= 15 is 0 Å². The third-order valence-electron chi connectivity index (χ3n) is 6.17. The van der Waals surface area contributed by atoms with E-state index in [2.05, 4.69) is 20.8 Å². The highest BCUT2D eigenvalue weighted by Gasteiger charge is 2.51. The smallest absolute Gasteiger partial charge is 0.0324 e. The van der Waals surface area contributed by atoms with E-state index in [1.54, 1.807) is 25.7 Å². The molecule has 3 saturated carbocycles. The van der Waals surface area contributed by atoms with E-state index < -0.39 is 0 Å². The van der Waals surface area contributed by atoms with Crippen molar-refractivity contribution < 1.29 is 0 Å². The van der Waals surface area contributed by atoms with Gasteiger partial charge >= 0.3 is 0 Å². The lowest BCUT2D eigenvalue weighted by atomic mass is 9.75. The molecule has 0 radical (unpaired) electrons. The highest BCUT2D eigenvalue weighted by molar-refractivity contribution is 5.00. The van der Waals surface area contributed by atoms with E-state index in [-0.39, 0.29) is 0 Å². The quantitative estimate of drug-likeness (QED) is 0.553. The topological polar surface area (TPSA) is 0 Å². The van der Waals surface area contributed by atoms with Crippen LogP contribution >= 0.6 is 0 Å². The van der Waals surface area contributed by atoms with Gasteiger partial charge in [-0.2, -0.15) is 0 Å². The predicted molar refractivity (Wildman–Crippen MR) is 69.2 cm³/mol. The molecule has 0 spiro atoms. The van der Waals surface area contributed by atoms with Gasteiger partial charge in [-0.25, -0.2) is 0 Å². The first-order valence-corrected chi connectivity index (χ1v) is 7.66. The number of hydrogen-bond acceptors (Lipinski definition) is 0. The summed E-state index contributed by atoms with van der Waals surface area (Å²) in [7, 11) is 0. The van der Waals surface area contributed by atoms with E-state index in [4.69, 9.17) is 0 Å². The Balaban J connectivity index is 1.85. The standard InChI is InChI=1S/C16H28/c1-10-5-4-6-13-8-11(2)15-12(3)9-14(7-10)16(13)15/h10-16H,4-9H2,1-3H3. The van der Waals surface area contributed by atoms with E-state index in [0.29, 0.717) is 0 Å². The minimum atomic E-state index is 1.01. The van der Waals surface area contributed by atoms with Crippen LogP contribution in [0.4, 0.5) is 0 Å². The van der Waals surface area contributed by atoms with Crippen LogP contribution < -0.4 is 0 Å². The third kappa shape index (κ3) is 1.64. The first-order chi connectivity index (χ1) is 7.66. The first kappa shape index (κ1) is 11.1. The minimum absolute atomic E-state index is 1.01. The molecule has 0 amide bonds. The van der Waals surface area contributed by atoms with Crippen molar-refractivity contribution in [3.63, 3.8) is 0 Å². The van der Waals surface area contributed by atoms with Crippen LogP contribution in [0.15, 0.2) is 0 Å². The summed E-state index contributed by atoms with van der Waals surface area (Å²) in [6, 6.07) is 0. The fourth-order valence-electron chi connectivity index (χ4n) is 5.84. The van der Waals surface area contributed by atoms with Gasteiger partial charge in [-0.1, -0.05) is 40.0 Å². The lowest BCUT2D eigenvalue weighted by Crippen LogP contribution is -2.23. The van der Waals surface area contributed by atoms with Gasteiger partial charge in [-0.3, -0.25) is 0 Å². The highest BCUT2D eigenvalue weighted by atomic mass is 14.6. The summed E-state index contributed by atoms with van der Waals surface area (Å²) in [5.74, 6) is 7.51. The van der Waals surface area contributed by atoms with Crippen LogP contribution in [0.2, 0.25) is 0 Å². The molecule has 3 fully saturated rings. The van der Waals surface area contributed by atoms with Crippen molar-refractivity contribution in [1.29, 1.82) is 0 Å². The van der Waals surface area contributed by atoms with Crippen LogP contribution in [0.5, 0.6) is 0 Å². The van der Waals surface area contributed by atoms with Gasteiger partial charge in [-0.05, 0) is 60.7 Å². The third-order valence-corrected chi connectivity index (χ3v) is 6.17. The molecule has 0 heterocycles. The van der Waals surface area contributed by atoms with Crippen molar-refractivity contribution in [1.82, 2.24) is 0 Å². The SMILES string of the molecule is CC1CCCC2CC(C)C3C(C)CC(C1)C23. The van der Waals surface area contributed by atoms with Crippen molar-refractivity contribution in [3.05, 3.63) is 0 Å². The molecule has 0 N–H and O–H groups in total. The summed E-state index contributed by atoms with van der Waals surface area (Å²) in [6.45, 7) is 7.58. The molecule has 0 saturated heterocycles. The molecule has 3 aliphatic rings. The van der Waals surface area contributed by atoms with Crippen molar-refractivity contribution in [2.45, 2.75) is 59.3 Å². The fourth-order valence-corrected chi connectivity index (χ4v) is 5.84. The summed E-state index contributed by atoms with van der Waals surface area (Å²) in [5, 5.41) is 0. The normalized spacial score (nSPS) is 56.8. The molecule has 0 aromatic rings. The van der Waals surface area contributed by atoms with Gasteiger partial charge in [0.05, 0.1) is 0 Å². The van der Waals surface area contributed by atoms with Crippen LogP contribution in [0.3, 0.4) is 0 Å². The number of hydrogen-bond donors (Lipinski definition) is 0. The van der Waals surface area contributed by atoms with E-state index in [9.17, 15) is 0 Å². The summed E-state index contributed by atoms with van der Waals surface area (Å²) in [4.78, 5) is 0. The lowest BCUT2D eigenvalue weighted by molar-refractivity contribution is 0.189. The Morgan fingerprint density at radius 2 is 1.38 bits per heavy atom. The number of rotatable bonds is 0. The van der Waals surface area contributed by atoms with Crippen LogP contribution in [-0.2, 0) is 0 Å². The van der Waals surface area contributed by atoms with Crippen LogP contribution in [-0.4, -0.2) is 0 Å². The van der Waals surface area contributed by atoms with Crippen molar-refractivity contribution in [2.24, 2.45) is 41.4 Å². The molecule has 16 heavy (non-hydrogen) atoms. The highest BCUT2D eigenvalue weighted by Crippen LogP contribution is 2.59. The molecule has 92 valence electrons. The van der Waals surface area contributed by atoms with Crippen molar-refractivity contribution >= 4 is 0 Å². The van der Waals surface area contributed by atoms with E-state index in [1.165, 1.54) is 12.8 Å². The Bertz CT molecular complexity index is 257. The second-order valence-electron chi connectivity index (χ2n) is 7.37. The molecule has 3 rings (SSSR count). The van der Waals surface area contributed by atoms with Gasteiger partial charge in [0.15, 0.2) is 0 Å². The second-order valence-corrected chi connectivity index (χ2v) is 7.37. The van der Waals surface area contributed by atoms with Gasteiger partial charge in [0.1, 0.15) is 0 Å². The van der Waals surface area contributed by atoms with E-state index in [0.717, 1.165) is 41.4 Å². The zero-order valence-electron chi connectivity index (χ0n) is 11.3. The lowest BCUT2D eigenvalue weighted by Gasteiger charge is -2.31. The van der Waals surface area contributed by atoms with Gasteiger partial charge in [0, 0.05) is 0 Å². The molecular weight excluding hydrogens is 192 g/mol. The van der Waals surface area contributed by atoms with Crippen LogP contribution in [0.25, 0.3) is 0 Å². The minimum Gasteiger partial charge on any atom is -0.0625 e. The fraction of sp³-hybridized carbons (Fsp3) is 1.00. The summed E-state index contributed by atoms with van der Waals surface area (Å²) >= 11 is 0. The average molecular weight is 220 g/mol. The summed E-state index contributed by atoms with van der Waals surface area (Å²) < 4.78 is 0. The molecule has 0 aliphatic heterocycles. The zero-order chi connectivity index (χ0) is 11.3. The molecule has 3 aliphatic carbocycles. The van der Waals surface area contributed by atoms with Crippen LogP contribution in [0.1, 0.15) is 59.3 Å². The maximum absolute atomic E-state index is 2.54. The van der Waals surface area contributed by atoms with Gasteiger partial charge in [0.2, 0.25) is 0 Å².